The van der Waals surface area contributed by atoms with E-state index in [0.29, 0.717) is 15.7 Å². The summed E-state index contributed by atoms with van der Waals surface area (Å²) in [5.74, 6) is -0.161. The van der Waals surface area contributed by atoms with Crippen molar-refractivity contribution in [3.05, 3.63) is 64.8 Å². The molecule has 148 valence electrons. The minimum absolute atomic E-state index is 0.171. The van der Waals surface area contributed by atoms with Crippen LogP contribution in [0.2, 0.25) is 0 Å². The fraction of sp³-hybridized carbons (Fsp3) is 0.238. The summed E-state index contributed by atoms with van der Waals surface area (Å²) in [5, 5.41) is 7.08. The number of thioether (sulfide) groups is 1. The van der Waals surface area contributed by atoms with Gasteiger partial charge in [-0.25, -0.2) is 9.97 Å². The minimum atomic E-state index is -0.176. The molecule has 0 saturated heterocycles. The van der Waals surface area contributed by atoms with Crippen molar-refractivity contribution in [1.29, 1.82) is 0 Å². The third kappa shape index (κ3) is 4.83. The van der Waals surface area contributed by atoms with Crippen LogP contribution in [-0.2, 0) is 17.6 Å². The number of aromatic nitrogens is 2. The number of benzene rings is 1. The molecule has 0 saturated carbocycles. The molecule has 1 aromatic carbocycles. The van der Waals surface area contributed by atoms with Gasteiger partial charge in [-0.15, -0.1) is 11.3 Å². The van der Waals surface area contributed by atoms with E-state index < -0.39 is 0 Å². The number of nitrogens with one attached hydrogen (secondary N) is 2. The normalized spacial score (nSPS) is 12.8. The van der Waals surface area contributed by atoms with Crippen LogP contribution in [0.25, 0.3) is 0 Å². The lowest BCUT2D eigenvalue weighted by Gasteiger charge is -2.13. The Morgan fingerprint density at radius 1 is 1.00 bits per heavy atom. The Balaban J connectivity index is 1.52. The first-order chi connectivity index (χ1) is 14.2. The Morgan fingerprint density at radius 2 is 1.76 bits per heavy atom. The molecule has 1 aliphatic rings. The van der Waals surface area contributed by atoms with Crippen LogP contribution >= 0.6 is 23.1 Å². The first-order valence-corrected chi connectivity index (χ1v) is 11.2. The molecular weight excluding hydrogens is 404 g/mol. The van der Waals surface area contributed by atoms with Gasteiger partial charge in [-0.3, -0.25) is 9.59 Å². The number of thiophene rings is 1. The van der Waals surface area contributed by atoms with Crippen LogP contribution in [-0.4, -0.2) is 27.5 Å². The van der Waals surface area contributed by atoms with Crippen LogP contribution in [0.1, 0.15) is 33.6 Å². The maximum atomic E-state index is 13.0. The van der Waals surface area contributed by atoms with Crippen LogP contribution < -0.4 is 10.6 Å². The lowest BCUT2D eigenvalue weighted by molar-refractivity contribution is -0.113. The highest BCUT2D eigenvalue weighted by atomic mass is 32.2. The average molecular weight is 425 g/mol. The van der Waals surface area contributed by atoms with E-state index in [1.807, 2.05) is 30.3 Å². The molecule has 6 nitrogen and oxygen atoms in total. The molecule has 0 atom stereocenters. The predicted octanol–water partition coefficient (Wildman–Crippen LogP) is 4.40. The van der Waals surface area contributed by atoms with Gasteiger partial charge in [0, 0.05) is 23.0 Å². The van der Waals surface area contributed by atoms with E-state index >= 15 is 0 Å². The number of aryl methyl sites for hydroxylation is 1. The summed E-state index contributed by atoms with van der Waals surface area (Å²) >= 11 is 2.79. The Labute approximate surface area is 177 Å². The van der Waals surface area contributed by atoms with E-state index in [-0.39, 0.29) is 17.6 Å². The zero-order chi connectivity index (χ0) is 20.1. The Kier molecular flexibility index (Phi) is 6.21. The number of amides is 2. The summed E-state index contributed by atoms with van der Waals surface area (Å²) in [5.41, 5.74) is 2.41. The SMILES string of the molecule is O=C(CSc1ncccn1)Nc1sc2c(c1C(=O)Nc1ccccc1)CCCC2. The lowest BCUT2D eigenvalue weighted by atomic mass is 9.95. The van der Waals surface area contributed by atoms with Crippen LogP contribution in [0, 0.1) is 0 Å². The maximum Gasteiger partial charge on any atom is 0.258 e. The maximum absolute atomic E-state index is 13.0. The van der Waals surface area contributed by atoms with Gasteiger partial charge < -0.3 is 10.6 Å². The van der Waals surface area contributed by atoms with Gasteiger partial charge in [0.25, 0.3) is 5.91 Å². The van der Waals surface area contributed by atoms with E-state index in [4.69, 9.17) is 0 Å². The largest absolute Gasteiger partial charge is 0.322 e. The molecular formula is C21H20N4O2S2. The topological polar surface area (TPSA) is 84.0 Å². The summed E-state index contributed by atoms with van der Waals surface area (Å²) in [6, 6.07) is 11.1. The number of hydrogen-bond acceptors (Lipinski definition) is 6. The first-order valence-electron chi connectivity index (χ1n) is 9.41. The third-order valence-electron chi connectivity index (χ3n) is 4.56. The van der Waals surface area contributed by atoms with E-state index in [9.17, 15) is 9.59 Å². The van der Waals surface area contributed by atoms with Crippen molar-refractivity contribution in [2.75, 3.05) is 16.4 Å². The highest BCUT2D eigenvalue weighted by Gasteiger charge is 2.26. The molecule has 29 heavy (non-hydrogen) atoms. The van der Waals surface area contributed by atoms with Crippen molar-refractivity contribution >= 4 is 45.6 Å². The minimum Gasteiger partial charge on any atom is -0.322 e. The van der Waals surface area contributed by atoms with Crippen molar-refractivity contribution in [2.45, 2.75) is 30.8 Å². The van der Waals surface area contributed by atoms with Crippen molar-refractivity contribution in [3.63, 3.8) is 0 Å². The molecule has 4 rings (SSSR count). The van der Waals surface area contributed by atoms with Crippen molar-refractivity contribution in [3.8, 4) is 0 Å². The fourth-order valence-corrected chi connectivity index (χ4v) is 5.17. The van der Waals surface area contributed by atoms with Gasteiger partial charge in [-0.2, -0.15) is 0 Å². The molecule has 0 unspecified atom stereocenters. The van der Waals surface area contributed by atoms with E-state index in [1.54, 1.807) is 18.5 Å². The zero-order valence-corrected chi connectivity index (χ0v) is 17.3. The van der Waals surface area contributed by atoms with Crippen molar-refractivity contribution < 1.29 is 9.59 Å². The Bertz CT molecular complexity index is 1010. The van der Waals surface area contributed by atoms with Gasteiger partial charge in [-0.05, 0) is 49.4 Å². The first kappa shape index (κ1) is 19.6. The molecule has 0 aliphatic heterocycles. The molecule has 2 N–H and O–H groups in total. The number of hydrogen-bond donors (Lipinski definition) is 2. The third-order valence-corrected chi connectivity index (χ3v) is 6.64. The number of nitrogens with zero attached hydrogens (tertiary/aromatic N) is 2. The van der Waals surface area contributed by atoms with Gasteiger partial charge in [0.15, 0.2) is 5.16 Å². The average Bonchev–Trinajstić information content (AvgIpc) is 3.11. The summed E-state index contributed by atoms with van der Waals surface area (Å²) < 4.78 is 0. The predicted molar refractivity (Wildman–Crippen MR) is 117 cm³/mol. The molecule has 2 aromatic heterocycles. The van der Waals surface area contributed by atoms with Crippen LogP contribution in [0.4, 0.5) is 10.7 Å². The fourth-order valence-electron chi connectivity index (χ4n) is 3.26. The summed E-state index contributed by atoms with van der Waals surface area (Å²) in [6.45, 7) is 0. The van der Waals surface area contributed by atoms with Gasteiger partial charge in [-0.1, -0.05) is 30.0 Å². The smallest absolute Gasteiger partial charge is 0.258 e. The molecule has 1 aliphatic carbocycles. The second-order valence-electron chi connectivity index (χ2n) is 6.60. The van der Waals surface area contributed by atoms with E-state index in [1.165, 1.54) is 28.0 Å². The zero-order valence-electron chi connectivity index (χ0n) is 15.7. The molecule has 0 bridgehead atoms. The van der Waals surface area contributed by atoms with E-state index in [0.717, 1.165) is 36.9 Å². The summed E-state index contributed by atoms with van der Waals surface area (Å²) in [6.07, 6.45) is 7.28. The summed E-state index contributed by atoms with van der Waals surface area (Å²) in [4.78, 5) is 35.0. The number of fused-ring (bicyclic) bond motifs is 1. The van der Waals surface area contributed by atoms with E-state index in [2.05, 4.69) is 20.6 Å². The standard InChI is InChI=1S/C21H20N4O2S2/c26-17(13-28-21-22-11-6-12-23-21)25-20-18(15-9-4-5-10-16(15)29-20)19(27)24-14-7-2-1-3-8-14/h1-3,6-8,11-12H,4-5,9-10,13H2,(H,24,27)(H,25,26). The highest BCUT2D eigenvalue weighted by molar-refractivity contribution is 7.99. The summed E-state index contributed by atoms with van der Waals surface area (Å²) in [7, 11) is 0. The lowest BCUT2D eigenvalue weighted by Crippen LogP contribution is -2.19. The highest BCUT2D eigenvalue weighted by Crippen LogP contribution is 2.38. The Hall–Kier alpha value is -2.71. The van der Waals surface area contributed by atoms with Crippen LogP contribution in [0.15, 0.2) is 53.9 Å². The molecule has 2 amide bonds. The molecule has 0 spiro atoms. The van der Waals surface area contributed by atoms with Crippen molar-refractivity contribution in [1.82, 2.24) is 9.97 Å². The van der Waals surface area contributed by atoms with Gasteiger partial charge in [0.2, 0.25) is 5.91 Å². The number of carbonyl (C=O) groups is 2. The molecule has 0 fully saturated rings. The van der Waals surface area contributed by atoms with Crippen LogP contribution in [0.5, 0.6) is 0 Å². The quantitative estimate of drug-likeness (QED) is 0.453. The second-order valence-corrected chi connectivity index (χ2v) is 8.65. The molecule has 3 aromatic rings. The van der Waals surface area contributed by atoms with Crippen LogP contribution in [0.3, 0.4) is 0 Å². The number of para-hydroxylation sites is 1. The van der Waals surface area contributed by atoms with Gasteiger partial charge in [0.1, 0.15) is 5.00 Å². The molecule has 2 heterocycles. The number of carbonyl (C=O) groups excluding carboxylic acids is 2. The number of rotatable bonds is 6. The van der Waals surface area contributed by atoms with Crippen molar-refractivity contribution in [2.24, 2.45) is 0 Å². The Morgan fingerprint density at radius 3 is 2.55 bits per heavy atom. The molecule has 8 heteroatoms. The second kappa shape index (κ2) is 9.19. The van der Waals surface area contributed by atoms with Gasteiger partial charge >= 0.3 is 0 Å². The number of anilines is 2. The molecule has 0 radical (unpaired) electrons. The van der Waals surface area contributed by atoms with Gasteiger partial charge in [0.05, 0.1) is 11.3 Å². The monoisotopic (exact) mass is 424 g/mol.